The Morgan fingerprint density at radius 3 is 2.52 bits per heavy atom. The molecule has 0 atom stereocenters. The molecule has 23 heavy (non-hydrogen) atoms. The van der Waals surface area contributed by atoms with E-state index in [-0.39, 0.29) is 16.3 Å². The SMILES string of the molecule is COc1ccc(NC(=O)c2cc(C)on2)cc1S(=O)(=O)N(C)C. The lowest BCUT2D eigenvalue weighted by Gasteiger charge is -2.15. The number of hydrogen-bond acceptors (Lipinski definition) is 6. The minimum atomic E-state index is -3.72. The number of anilines is 1. The minimum absolute atomic E-state index is 0.0425. The van der Waals surface area contributed by atoms with Gasteiger partial charge in [0.05, 0.1) is 7.11 Å². The molecule has 0 aliphatic heterocycles. The van der Waals surface area contributed by atoms with E-state index in [0.29, 0.717) is 11.4 Å². The predicted octanol–water partition coefficient (Wildman–Crippen LogP) is 1.49. The van der Waals surface area contributed by atoms with Gasteiger partial charge in [0.1, 0.15) is 16.4 Å². The molecule has 2 aromatic rings. The molecule has 0 saturated carbocycles. The number of hydrogen-bond donors (Lipinski definition) is 1. The Bertz CT molecular complexity index is 827. The van der Waals surface area contributed by atoms with Crippen LogP contribution in [0.1, 0.15) is 16.2 Å². The maximum atomic E-state index is 12.3. The average molecular weight is 339 g/mol. The highest BCUT2D eigenvalue weighted by molar-refractivity contribution is 7.89. The van der Waals surface area contributed by atoms with Gasteiger partial charge in [-0.15, -0.1) is 0 Å². The zero-order valence-corrected chi connectivity index (χ0v) is 14.0. The van der Waals surface area contributed by atoms with Crippen LogP contribution in [0.25, 0.3) is 0 Å². The van der Waals surface area contributed by atoms with E-state index < -0.39 is 15.9 Å². The van der Waals surface area contributed by atoms with E-state index in [1.807, 2.05) is 0 Å². The molecule has 1 amide bonds. The molecule has 1 heterocycles. The maximum absolute atomic E-state index is 12.3. The van der Waals surface area contributed by atoms with E-state index >= 15 is 0 Å². The molecule has 1 aromatic carbocycles. The van der Waals surface area contributed by atoms with Crippen molar-refractivity contribution in [3.63, 3.8) is 0 Å². The molecule has 2 rings (SSSR count). The molecule has 0 radical (unpaired) electrons. The van der Waals surface area contributed by atoms with Crippen molar-refractivity contribution < 1.29 is 22.5 Å². The molecule has 0 aliphatic rings. The van der Waals surface area contributed by atoms with Gasteiger partial charge in [0.2, 0.25) is 10.0 Å². The molecule has 0 aliphatic carbocycles. The molecule has 9 heteroatoms. The van der Waals surface area contributed by atoms with Crippen LogP contribution in [0.4, 0.5) is 5.69 Å². The summed E-state index contributed by atoms with van der Waals surface area (Å²) in [6, 6.07) is 5.83. The number of carbonyl (C=O) groups excluding carboxylic acids is 1. The van der Waals surface area contributed by atoms with Crippen molar-refractivity contribution in [2.45, 2.75) is 11.8 Å². The Kier molecular flexibility index (Phi) is 4.71. The van der Waals surface area contributed by atoms with Crippen LogP contribution in [0.3, 0.4) is 0 Å². The van der Waals surface area contributed by atoms with Gasteiger partial charge in [0, 0.05) is 25.8 Å². The van der Waals surface area contributed by atoms with Gasteiger partial charge in [0.25, 0.3) is 5.91 Å². The summed E-state index contributed by atoms with van der Waals surface area (Å²) < 4.78 is 35.6. The van der Waals surface area contributed by atoms with Gasteiger partial charge in [-0.05, 0) is 25.1 Å². The van der Waals surface area contributed by atoms with Gasteiger partial charge in [-0.2, -0.15) is 0 Å². The fraction of sp³-hybridized carbons (Fsp3) is 0.286. The van der Waals surface area contributed by atoms with Gasteiger partial charge in [-0.3, -0.25) is 4.79 Å². The summed E-state index contributed by atoms with van der Waals surface area (Å²) >= 11 is 0. The Balaban J connectivity index is 2.36. The molecule has 0 bridgehead atoms. The summed E-state index contributed by atoms with van der Waals surface area (Å²) in [6.45, 7) is 1.67. The molecule has 0 fully saturated rings. The van der Waals surface area contributed by atoms with E-state index in [4.69, 9.17) is 9.26 Å². The Labute approximate surface area is 134 Å². The van der Waals surface area contributed by atoms with Gasteiger partial charge < -0.3 is 14.6 Å². The first-order chi connectivity index (χ1) is 10.8. The molecule has 0 unspecified atom stereocenters. The minimum Gasteiger partial charge on any atom is -0.495 e. The second-order valence-electron chi connectivity index (χ2n) is 4.93. The Morgan fingerprint density at radius 2 is 2.00 bits per heavy atom. The Hall–Kier alpha value is -2.39. The van der Waals surface area contributed by atoms with Crippen LogP contribution in [-0.2, 0) is 10.0 Å². The highest BCUT2D eigenvalue weighted by Crippen LogP contribution is 2.29. The number of aryl methyl sites for hydroxylation is 1. The molecular formula is C14H17N3O5S. The van der Waals surface area contributed by atoms with E-state index in [2.05, 4.69) is 10.5 Å². The second kappa shape index (κ2) is 6.39. The maximum Gasteiger partial charge on any atom is 0.277 e. The molecule has 0 spiro atoms. The van der Waals surface area contributed by atoms with E-state index in [1.165, 1.54) is 39.4 Å². The standard InChI is InChI=1S/C14H17N3O5S/c1-9-7-11(16-22-9)14(18)15-10-5-6-12(21-4)13(8-10)23(19,20)17(2)3/h5-8H,1-4H3,(H,15,18). The van der Waals surface area contributed by atoms with Gasteiger partial charge in [-0.25, -0.2) is 12.7 Å². The van der Waals surface area contributed by atoms with Crippen LogP contribution < -0.4 is 10.1 Å². The first kappa shape index (κ1) is 17.0. The molecule has 1 N–H and O–H groups in total. The number of aromatic nitrogens is 1. The fourth-order valence-corrected chi connectivity index (χ4v) is 2.90. The average Bonchev–Trinajstić information content (AvgIpc) is 2.93. The number of ether oxygens (including phenoxy) is 1. The van der Waals surface area contributed by atoms with Crippen molar-refractivity contribution >= 4 is 21.6 Å². The summed E-state index contributed by atoms with van der Waals surface area (Å²) in [4.78, 5) is 12.0. The summed E-state index contributed by atoms with van der Waals surface area (Å²) in [5.41, 5.74) is 0.409. The normalized spacial score (nSPS) is 11.5. The van der Waals surface area contributed by atoms with Crippen LogP contribution in [0.15, 0.2) is 33.7 Å². The summed E-state index contributed by atoms with van der Waals surface area (Å²) in [5, 5.41) is 6.18. The van der Waals surface area contributed by atoms with Crippen molar-refractivity contribution in [3.05, 3.63) is 35.7 Å². The lowest BCUT2D eigenvalue weighted by Crippen LogP contribution is -2.23. The van der Waals surface area contributed by atoms with Crippen LogP contribution in [0.2, 0.25) is 0 Å². The van der Waals surface area contributed by atoms with Crippen LogP contribution >= 0.6 is 0 Å². The largest absolute Gasteiger partial charge is 0.495 e. The van der Waals surface area contributed by atoms with Crippen LogP contribution in [0.5, 0.6) is 5.75 Å². The fourth-order valence-electron chi connectivity index (χ4n) is 1.82. The molecule has 0 saturated heterocycles. The lowest BCUT2D eigenvalue weighted by atomic mass is 10.3. The number of amides is 1. The highest BCUT2D eigenvalue weighted by Gasteiger charge is 2.23. The van der Waals surface area contributed by atoms with Gasteiger partial charge in [-0.1, -0.05) is 5.16 Å². The topological polar surface area (TPSA) is 102 Å². The van der Waals surface area contributed by atoms with E-state index in [9.17, 15) is 13.2 Å². The van der Waals surface area contributed by atoms with E-state index in [0.717, 1.165) is 4.31 Å². The van der Waals surface area contributed by atoms with Crippen molar-refractivity contribution in [2.24, 2.45) is 0 Å². The van der Waals surface area contributed by atoms with Crippen LogP contribution in [0, 0.1) is 6.92 Å². The third-order valence-corrected chi connectivity index (χ3v) is 4.88. The monoisotopic (exact) mass is 339 g/mol. The number of nitrogens with one attached hydrogen (secondary N) is 1. The molecule has 8 nitrogen and oxygen atoms in total. The number of methoxy groups -OCH3 is 1. The molecular weight excluding hydrogens is 322 g/mol. The first-order valence-electron chi connectivity index (χ1n) is 6.61. The smallest absolute Gasteiger partial charge is 0.277 e. The molecule has 1 aromatic heterocycles. The number of rotatable bonds is 5. The zero-order valence-electron chi connectivity index (χ0n) is 13.2. The number of benzene rings is 1. The quantitative estimate of drug-likeness (QED) is 0.885. The predicted molar refractivity (Wildman–Crippen MR) is 83.1 cm³/mol. The summed E-state index contributed by atoms with van der Waals surface area (Å²) in [6.07, 6.45) is 0. The molecule has 124 valence electrons. The van der Waals surface area contributed by atoms with Crippen molar-refractivity contribution in [1.82, 2.24) is 9.46 Å². The number of sulfonamides is 1. The Morgan fingerprint density at radius 1 is 1.30 bits per heavy atom. The van der Waals surface area contributed by atoms with Crippen LogP contribution in [-0.4, -0.2) is 45.0 Å². The zero-order chi connectivity index (χ0) is 17.2. The van der Waals surface area contributed by atoms with Gasteiger partial charge in [0.15, 0.2) is 5.69 Å². The lowest BCUT2D eigenvalue weighted by molar-refractivity contribution is 0.101. The van der Waals surface area contributed by atoms with Crippen molar-refractivity contribution in [3.8, 4) is 5.75 Å². The van der Waals surface area contributed by atoms with Crippen molar-refractivity contribution in [1.29, 1.82) is 0 Å². The summed E-state index contributed by atoms with van der Waals surface area (Å²) in [5.74, 6) is 0.190. The first-order valence-corrected chi connectivity index (χ1v) is 8.05. The van der Waals surface area contributed by atoms with Gasteiger partial charge >= 0.3 is 0 Å². The number of carbonyl (C=O) groups is 1. The summed E-state index contributed by atoms with van der Waals surface area (Å²) in [7, 11) is 0.490. The van der Waals surface area contributed by atoms with Crippen molar-refractivity contribution in [2.75, 3.05) is 26.5 Å². The third kappa shape index (κ3) is 3.51. The highest BCUT2D eigenvalue weighted by atomic mass is 32.2. The third-order valence-electron chi connectivity index (χ3n) is 3.04. The van der Waals surface area contributed by atoms with E-state index in [1.54, 1.807) is 13.0 Å². The second-order valence-corrected chi connectivity index (χ2v) is 7.05. The number of nitrogens with zero attached hydrogens (tertiary/aromatic N) is 2.